The highest BCUT2D eigenvalue weighted by Gasteiger charge is 2.27. The Kier molecular flexibility index (Phi) is 7.25. The fourth-order valence-corrected chi connectivity index (χ4v) is 3.60. The fourth-order valence-electron chi connectivity index (χ4n) is 3.14. The van der Waals surface area contributed by atoms with E-state index in [4.69, 9.17) is 8.92 Å². The molecule has 0 bridgehead atoms. The van der Waals surface area contributed by atoms with Gasteiger partial charge < -0.3 is 13.8 Å². The summed E-state index contributed by atoms with van der Waals surface area (Å²) in [7, 11) is -1.87. The van der Waals surface area contributed by atoms with Gasteiger partial charge in [0.1, 0.15) is 5.75 Å². The van der Waals surface area contributed by atoms with E-state index in [1.165, 1.54) is 0 Å². The van der Waals surface area contributed by atoms with Crippen LogP contribution in [0.1, 0.15) is 37.7 Å². The molecule has 0 atom stereocenters. The zero-order valence-corrected chi connectivity index (χ0v) is 15.8. The van der Waals surface area contributed by atoms with Crippen molar-refractivity contribution >= 4 is 16.0 Å². The van der Waals surface area contributed by atoms with E-state index in [0.29, 0.717) is 19.7 Å². The highest BCUT2D eigenvalue weighted by molar-refractivity contribution is 7.86. The van der Waals surface area contributed by atoms with Crippen molar-refractivity contribution in [3.63, 3.8) is 0 Å². The molecule has 25 heavy (non-hydrogen) atoms. The van der Waals surface area contributed by atoms with E-state index in [1.54, 1.807) is 31.4 Å². The summed E-state index contributed by atoms with van der Waals surface area (Å²) in [5.41, 5.74) is 0.949. The Morgan fingerprint density at radius 2 is 1.84 bits per heavy atom. The van der Waals surface area contributed by atoms with Crippen LogP contribution in [-0.2, 0) is 26.2 Å². The summed E-state index contributed by atoms with van der Waals surface area (Å²) in [6.07, 6.45) is 6.00. The van der Waals surface area contributed by atoms with Gasteiger partial charge in [-0.15, -0.1) is 0 Å². The van der Waals surface area contributed by atoms with E-state index in [9.17, 15) is 13.2 Å². The lowest BCUT2D eigenvalue weighted by atomic mass is 10.1. The lowest BCUT2D eigenvalue weighted by Crippen LogP contribution is -2.36. The van der Waals surface area contributed by atoms with Gasteiger partial charge in [-0.3, -0.25) is 4.79 Å². The predicted octanol–water partition coefficient (Wildman–Crippen LogP) is 2.58. The number of ether oxygens (including phenoxy) is 1. The standard InChI is InChI=1S/C18H27NO5S/c1-23-13-5-12-19(18(20)16-6-3-4-7-16)14-15-8-10-17(11-9-15)24-25(2,21)22/h8-11,16H,3-7,12-14H2,1-2H3. The second kappa shape index (κ2) is 9.20. The SMILES string of the molecule is COCCCN(Cc1ccc(OS(C)(=O)=O)cc1)C(=O)C1CCCC1. The van der Waals surface area contributed by atoms with Gasteiger partial charge >= 0.3 is 10.1 Å². The molecule has 0 radical (unpaired) electrons. The lowest BCUT2D eigenvalue weighted by molar-refractivity contribution is -0.136. The molecule has 0 heterocycles. The first-order valence-corrected chi connectivity index (χ1v) is 10.5. The van der Waals surface area contributed by atoms with Crippen LogP contribution in [0.3, 0.4) is 0 Å². The van der Waals surface area contributed by atoms with Crippen LogP contribution in [0.5, 0.6) is 5.75 Å². The molecule has 7 heteroatoms. The van der Waals surface area contributed by atoms with E-state index in [1.807, 2.05) is 4.90 Å². The van der Waals surface area contributed by atoms with Gasteiger partial charge in [0.2, 0.25) is 5.91 Å². The third-order valence-corrected chi connectivity index (χ3v) is 4.83. The van der Waals surface area contributed by atoms with Gasteiger partial charge in [0.15, 0.2) is 0 Å². The smallest absolute Gasteiger partial charge is 0.306 e. The number of nitrogens with zero attached hydrogens (tertiary/aromatic N) is 1. The van der Waals surface area contributed by atoms with Crippen molar-refractivity contribution < 1.29 is 22.1 Å². The minimum Gasteiger partial charge on any atom is -0.385 e. The molecule has 1 saturated carbocycles. The molecule has 0 saturated heterocycles. The van der Waals surface area contributed by atoms with Crippen molar-refractivity contribution in [3.05, 3.63) is 29.8 Å². The van der Waals surface area contributed by atoms with Crippen molar-refractivity contribution in [3.8, 4) is 5.75 Å². The van der Waals surface area contributed by atoms with E-state index in [-0.39, 0.29) is 17.6 Å². The molecule has 140 valence electrons. The number of amides is 1. The maximum absolute atomic E-state index is 12.8. The van der Waals surface area contributed by atoms with Crippen molar-refractivity contribution in [1.82, 2.24) is 4.90 Å². The topological polar surface area (TPSA) is 72.9 Å². The molecule has 1 aliphatic rings. The molecule has 1 amide bonds. The zero-order valence-electron chi connectivity index (χ0n) is 14.9. The van der Waals surface area contributed by atoms with Crippen molar-refractivity contribution in [1.29, 1.82) is 0 Å². The van der Waals surface area contributed by atoms with Crippen LogP contribution < -0.4 is 4.18 Å². The van der Waals surface area contributed by atoms with E-state index in [0.717, 1.165) is 43.9 Å². The minimum absolute atomic E-state index is 0.135. The molecule has 0 unspecified atom stereocenters. The minimum atomic E-state index is -3.53. The Hall–Kier alpha value is -1.60. The number of hydrogen-bond acceptors (Lipinski definition) is 5. The van der Waals surface area contributed by atoms with Crippen LogP contribution in [0, 0.1) is 5.92 Å². The molecule has 0 N–H and O–H groups in total. The monoisotopic (exact) mass is 369 g/mol. The molecule has 0 aromatic heterocycles. The average molecular weight is 369 g/mol. The molecule has 6 nitrogen and oxygen atoms in total. The van der Waals surface area contributed by atoms with Crippen molar-refractivity contribution in [2.24, 2.45) is 5.92 Å². The normalized spacial score (nSPS) is 15.3. The summed E-state index contributed by atoms with van der Waals surface area (Å²) in [6.45, 7) is 1.79. The van der Waals surface area contributed by atoms with Gasteiger partial charge in [-0.2, -0.15) is 8.42 Å². The number of benzene rings is 1. The van der Waals surface area contributed by atoms with Crippen LogP contribution in [0.25, 0.3) is 0 Å². The molecule has 1 aliphatic carbocycles. The van der Waals surface area contributed by atoms with Crippen LogP contribution in [-0.4, -0.2) is 45.7 Å². The summed E-state index contributed by atoms with van der Waals surface area (Å²) in [5, 5.41) is 0. The van der Waals surface area contributed by atoms with Crippen LogP contribution in [0.15, 0.2) is 24.3 Å². The third-order valence-electron chi connectivity index (χ3n) is 4.34. The lowest BCUT2D eigenvalue weighted by Gasteiger charge is -2.26. The average Bonchev–Trinajstić information content (AvgIpc) is 3.08. The van der Waals surface area contributed by atoms with Crippen LogP contribution >= 0.6 is 0 Å². The molecule has 1 aromatic rings. The summed E-state index contributed by atoms with van der Waals surface area (Å²) < 4.78 is 32.3. The van der Waals surface area contributed by atoms with E-state index >= 15 is 0 Å². The van der Waals surface area contributed by atoms with Gasteiger partial charge in [0, 0.05) is 32.7 Å². The first kappa shape index (κ1) is 19.7. The van der Waals surface area contributed by atoms with Gasteiger partial charge in [-0.1, -0.05) is 25.0 Å². The van der Waals surface area contributed by atoms with Gasteiger partial charge in [-0.05, 0) is 37.0 Å². The molecule has 0 spiro atoms. The maximum Gasteiger partial charge on any atom is 0.306 e. The molecule has 1 fully saturated rings. The van der Waals surface area contributed by atoms with Gasteiger partial charge in [0.25, 0.3) is 0 Å². The number of hydrogen-bond donors (Lipinski definition) is 0. The van der Waals surface area contributed by atoms with Gasteiger partial charge in [-0.25, -0.2) is 0 Å². The van der Waals surface area contributed by atoms with Gasteiger partial charge in [0.05, 0.1) is 6.26 Å². The Morgan fingerprint density at radius 1 is 1.20 bits per heavy atom. The Labute approximate surface area is 150 Å². The molecular formula is C18H27NO5S. The summed E-state index contributed by atoms with van der Waals surface area (Å²) in [4.78, 5) is 14.7. The predicted molar refractivity (Wildman–Crippen MR) is 95.8 cm³/mol. The molecular weight excluding hydrogens is 342 g/mol. The first-order valence-electron chi connectivity index (χ1n) is 8.65. The number of carbonyl (C=O) groups excluding carboxylic acids is 1. The third kappa shape index (κ3) is 6.66. The number of methoxy groups -OCH3 is 1. The zero-order chi connectivity index (χ0) is 18.3. The summed E-state index contributed by atoms with van der Waals surface area (Å²) in [5.74, 6) is 0.625. The number of rotatable bonds is 9. The van der Waals surface area contributed by atoms with Crippen molar-refractivity contribution in [2.75, 3.05) is 26.5 Å². The Morgan fingerprint density at radius 3 is 2.40 bits per heavy atom. The summed E-state index contributed by atoms with van der Waals surface area (Å²) >= 11 is 0. The largest absolute Gasteiger partial charge is 0.385 e. The quantitative estimate of drug-likeness (QED) is 0.494. The molecule has 0 aliphatic heterocycles. The Bertz CT molecular complexity index is 651. The second-order valence-corrected chi connectivity index (χ2v) is 8.09. The summed E-state index contributed by atoms with van der Waals surface area (Å²) in [6, 6.07) is 6.82. The Balaban J connectivity index is 2.02. The van der Waals surface area contributed by atoms with E-state index in [2.05, 4.69) is 0 Å². The maximum atomic E-state index is 12.8. The number of carbonyl (C=O) groups is 1. The molecule has 2 rings (SSSR count). The highest BCUT2D eigenvalue weighted by Crippen LogP contribution is 2.27. The van der Waals surface area contributed by atoms with Crippen molar-refractivity contribution in [2.45, 2.75) is 38.6 Å². The molecule has 1 aromatic carbocycles. The highest BCUT2D eigenvalue weighted by atomic mass is 32.2. The van der Waals surface area contributed by atoms with Crippen LogP contribution in [0.2, 0.25) is 0 Å². The van der Waals surface area contributed by atoms with Crippen LogP contribution in [0.4, 0.5) is 0 Å². The first-order chi connectivity index (χ1) is 11.9. The van der Waals surface area contributed by atoms with E-state index < -0.39 is 10.1 Å². The second-order valence-electron chi connectivity index (χ2n) is 6.52. The fraction of sp³-hybridized carbons (Fsp3) is 0.611.